The molecular formula is C10H8BrN. The third-order valence-electron chi connectivity index (χ3n) is 1.73. The van der Waals surface area contributed by atoms with Crippen molar-refractivity contribution in [2.45, 2.75) is 0 Å². The Balaban J connectivity index is 2.51. The summed E-state index contributed by atoms with van der Waals surface area (Å²) in [6, 6.07) is 14.3. The molecule has 1 nitrogen and oxygen atoms in total. The number of hydrogen-bond acceptors (Lipinski definition) is 0. The second kappa shape index (κ2) is 3.15. The number of hydrogen-bond donors (Lipinski definition) is 0. The summed E-state index contributed by atoms with van der Waals surface area (Å²) in [5, 5.41) is 0. The minimum atomic E-state index is 1.08. The van der Waals surface area contributed by atoms with E-state index in [1.807, 2.05) is 36.5 Å². The largest absolute Gasteiger partial charge is 0.311 e. The van der Waals surface area contributed by atoms with Gasteiger partial charge in [0.1, 0.15) is 0 Å². The Morgan fingerprint density at radius 3 is 2.25 bits per heavy atom. The Morgan fingerprint density at radius 1 is 0.917 bits per heavy atom. The molecule has 0 unspecified atom stereocenters. The first-order chi connectivity index (χ1) is 5.88. The van der Waals surface area contributed by atoms with Gasteiger partial charge in [-0.1, -0.05) is 18.2 Å². The monoisotopic (exact) mass is 221 g/mol. The first kappa shape index (κ1) is 7.62. The molecule has 0 aliphatic carbocycles. The molecule has 0 aliphatic rings. The van der Waals surface area contributed by atoms with Crippen LogP contribution in [-0.4, -0.2) is 4.57 Å². The van der Waals surface area contributed by atoms with E-state index < -0.39 is 0 Å². The third kappa shape index (κ3) is 1.30. The standard InChI is InChI=1S/C10H8BrN/c11-10-7-4-8-12(10)9-5-2-1-3-6-9/h1-8H. The summed E-state index contributed by atoms with van der Waals surface area (Å²) in [7, 11) is 0. The van der Waals surface area contributed by atoms with Crippen molar-refractivity contribution in [1.82, 2.24) is 4.57 Å². The van der Waals surface area contributed by atoms with Gasteiger partial charge in [0.15, 0.2) is 0 Å². The minimum Gasteiger partial charge on any atom is -0.311 e. The molecule has 0 saturated carbocycles. The number of halogens is 1. The van der Waals surface area contributed by atoms with Crippen LogP contribution in [0.1, 0.15) is 0 Å². The smallest absolute Gasteiger partial charge is 0.0892 e. The van der Waals surface area contributed by atoms with E-state index in [1.165, 1.54) is 5.69 Å². The minimum absolute atomic E-state index is 1.08. The zero-order chi connectivity index (χ0) is 8.39. The number of rotatable bonds is 1. The van der Waals surface area contributed by atoms with E-state index in [0.717, 1.165) is 4.60 Å². The molecule has 0 fully saturated rings. The normalized spacial score (nSPS) is 10.1. The lowest BCUT2D eigenvalue weighted by Gasteiger charge is -2.03. The van der Waals surface area contributed by atoms with Gasteiger partial charge in [-0.2, -0.15) is 0 Å². The molecule has 0 aliphatic heterocycles. The van der Waals surface area contributed by atoms with Crippen molar-refractivity contribution in [1.29, 1.82) is 0 Å². The van der Waals surface area contributed by atoms with Crippen LogP contribution in [-0.2, 0) is 0 Å². The molecule has 2 rings (SSSR count). The average Bonchev–Trinajstić information content (AvgIpc) is 2.53. The van der Waals surface area contributed by atoms with Crippen molar-refractivity contribution in [3.63, 3.8) is 0 Å². The van der Waals surface area contributed by atoms with Gasteiger partial charge in [-0.15, -0.1) is 0 Å². The molecule has 1 aromatic heterocycles. The van der Waals surface area contributed by atoms with Crippen molar-refractivity contribution < 1.29 is 0 Å². The molecule has 2 heteroatoms. The summed E-state index contributed by atoms with van der Waals surface area (Å²) >= 11 is 3.47. The van der Waals surface area contributed by atoms with E-state index in [9.17, 15) is 0 Å². The van der Waals surface area contributed by atoms with Crippen LogP contribution in [0.2, 0.25) is 0 Å². The molecule has 1 aromatic carbocycles. The Hall–Kier alpha value is -1.02. The molecule has 0 N–H and O–H groups in total. The fourth-order valence-electron chi connectivity index (χ4n) is 1.16. The van der Waals surface area contributed by atoms with Crippen LogP contribution < -0.4 is 0 Å². The molecule has 0 spiro atoms. The van der Waals surface area contributed by atoms with Crippen molar-refractivity contribution in [3.05, 3.63) is 53.3 Å². The van der Waals surface area contributed by atoms with Crippen molar-refractivity contribution in [2.75, 3.05) is 0 Å². The predicted molar refractivity (Wildman–Crippen MR) is 53.5 cm³/mol. The molecule has 0 amide bonds. The van der Waals surface area contributed by atoms with Crippen LogP contribution in [0.25, 0.3) is 5.69 Å². The van der Waals surface area contributed by atoms with Crippen LogP contribution in [0, 0.1) is 0 Å². The second-order valence-electron chi connectivity index (χ2n) is 2.54. The van der Waals surface area contributed by atoms with E-state index in [0.29, 0.717) is 0 Å². The molecular weight excluding hydrogens is 214 g/mol. The lowest BCUT2D eigenvalue weighted by atomic mass is 10.3. The van der Waals surface area contributed by atoms with Gasteiger partial charge < -0.3 is 4.57 Å². The van der Waals surface area contributed by atoms with Crippen molar-refractivity contribution in [2.24, 2.45) is 0 Å². The number of benzene rings is 1. The Morgan fingerprint density at radius 2 is 1.67 bits per heavy atom. The lowest BCUT2D eigenvalue weighted by Crippen LogP contribution is -1.89. The highest BCUT2D eigenvalue weighted by atomic mass is 79.9. The second-order valence-corrected chi connectivity index (χ2v) is 3.35. The maximum Gasteiger partial charge on any atom is 0.0892 e. The first-order valence-corrected chi connectivity index (χ1v) is 4.55. The molecule has 1 heterocycles. The average molecular weight is 222 g/mol. The highest BCUT2D eigenvalue weighted by Crippen LogP contribution is 2.16. The van der Waals surface area contributed by atoms with Gasteiger partial charge in [-0.05, 0) is 40.2 Å². The number of aromatic nitrogens is 1. The summed E-state index contributed by atoms with van der Waals surface area (Å²) in [6.45, 7) is 0. The number of para-hydroxylation sites is 1. The van der Waals surface area contributed by atoms with Crippen LogP contribution >= 0.6 is 15.9 Å². The van der Waals surface area contributed by atoms with E-state index >= 15 is 0 Å². The summed E-state index contributed by atoms with van der Waals surface area (Å²) in [5.41, 5.74) is 1.18. The summed E-state index contributed by atoms with van der Waals surface area (Å²) < 4.78 is 3.16. The Kier molecular flexibility index (Phi) is 2.00. The lowest BCUT2D eigenvalue weighted by molar-refractivity contribution is 1.05. The van der Waals surface area contributed by atoms with Gasteiger partial charge in [0.25, 0.3) is 0 Å². The fourth-order valence-corrected chi connectivity index (χ4v) is 1.63. The van der Waals surface area contributed by atoms with Crippen LogP contribution in [0.5, 0.6) is 0 Å². The topological polar surface area (TPSA) is 4.93 Å². The molecule has 2 aromatic rings. The van der Waals surface area contributed by atoms with Crippen molar-refractivity contribution in [3.8, 4) is 5.69 Å². The zero-order valence-corrected chi connectivity index (χ0v) is 8.03. The molecule has 0 bridgehead atoms. The van der Waals surface area contributed by atoms with Gasteiger partial charge in [-0.3, -0.25) is 0 Å². The Labute approximate surface area is 79.8 Å². The quantitative estimate of drug-likeness (QED) is 0.697. The number of nitrogens with zero attached hydrogens (tertiary/aromatic N) is 1. The van der Waals surface area contributed by atoms with Gasteiger partial charge in [0.2, 0.25) is 0 Å². The molecule has 0 atom stereocenters. The first-order valence-electron chi connectivity index (χ1n) is 3.76. The maximum atomic E-state index is 3.47. The highest BCUT2D eigenvalue weighted by Gasteiger charge is 1.96. The van der Waals surface area contributed by atoms with Gasteiger partial charge in [0, 0.05) is 11.9 Å². The van der Waals surface area contributed by atoms with Gasteiger partial charge >= 0.3 is 0 Å². The van der Waals surface area contributed by atoms with Gasteiger partial charge in [-0.25, -0.2) is 0 Å². The third-order valence-corrected chi connectivity index (χ3v) is 2.38. The predicted octanol–water partition coefficient (Wildman–Crippen LogP) is 3.24. The van der Waals surface area contributed by atoms with Crippen LogP contribution in [0.4, 0.5) is 0 Å². The van der Waals surface area contributed by atoms with E-state index in [4.69, 9.17) is 0 Å². The van der Waals surface area contributed by atoms with E-state index in [2.05, 4.69) is 32.6 Å². The highest BCUT2D eigenvalue weighted by molar-refractivity contribution is 9.10. The van der Waals surface area contributed by atoms with E-state index in [1.54, 1.807) is 0 Å². The van der Waals surface area contributed by atoms with E-state index in [-0.39, 0.29) is 0 Å². The summed E-state index contributed by atoms with van der Waals surface area (Å²) in [4.78, 5) is 0. The molecule has 0 saturated heterocycles. The van der Waals surface area contributed by atoms with Crippen LogP contribution in [0.3, 0.4) is 0 Å². The molecule has 0 radical (unpaired) electrons. The SMILES string of the molecule is Brc1cccn1-c1ccccc1. The zero-order valence-electron chi connectivity index (χ0n) is 6.44. The summed E-state index contributed by atoms with van der Waals surface area (Å²) in [5.74, 6) is 0. The molecule has 12 heavy (non-hydrogen) atoms. The Bertz CT molecular complexity index is 364. The van der Waals surface area contributed by atoms with Crippen LogP contribution in [0.15, 0.2) is 53.3 Å². The maximum absolute atomic E-state index is 3.47. The van der Waals surface area contributed by atoms with Crippen molar-refractivity contribution >= 4 is 15.9 Å². The fraction of sp³-hybridized carbons (Fsp3) is 0. The summed E-state index contributed by atoms with van der Waals surface area (Å²) in [6.07, 6.45) is 2.03. The molecule has 60 valence electrons. The van der Waals surface area contributed by atoms with Gasteiger partial charge in [0.05, 0.1) is 4.60 Å².